The van der Waals surface area contributed by atoms with Gasteiger partial charge in [0.15, 0.2) is 8.38 Å². The summed E-state index contributed by atoms with van der Waals surface area (Å²) in [7, 11) is -0.936. The third kappa shape index (κ3) is 2.46. The molecule has 1 fully saturated rings. The Morgan fingerprint density at radius 2 is 2.33 bits per heavy atom. The van der Waals surface area contributed by atoms with Crippen molar-refractivity contribution in [3.05, 3.63) is 23.6 Å². The lowest BCUT2D eigenvalue weighted by Crippen LogP contribution is -2.36. The first kappa shape index (κ1) is 14.0. The van der Waals surface area contributed by atoms with Gasteiger partial charge >= 0.3 is 0 Å². The Morgan fingerprint density at radius 1 is 1.56 bits per heavy atom. The van der Waals surface area contributed by atoms with Crippen molar-refractivity contribution >= 4 is 8.38 Å². The molecule has 100 valence electrons. The molecule has 1 unspecified atom stereocenters. The summed E-state index contributed by atoms with van der Waals surface area (Å²) in [6, 6.07) is 0. The summed E-state index contributed by atoms with van der Waals surface area (Å²) in [4.78, 5) is 3.27. The SMILES string of the molecule is [C-]#[N+]CCOP(C)O[C@@H]1[C@@H]2C=C[C@@]1(CC)O[C@H]2C. The highest BCUT2D eigenvalue weighted by atomic mass is 31.2. The maximum absolute atomic E-state index is 6.71. The number of fused-ring (bicyclic) bond motifs is 2. The normalized spacial score (nSPS) is 38.9. The molecule has 5 heteroatoms. The van der Waals surface area contributed by atoms with Crippen molar-refractivity contribution in [2.45, 2.75) is 38.1 Å². The van der Waals surface area contributed by atoms with Crippen molar-refractivity contribution in [3.63, 3.8) is 0 Å². The molecule has 1 aliphatic heterocycles. The van der Waals surface area contributed by atoms with Crippen LogP contribution in [0.4, 0.5) is 0 Å². The molecule has 1 aliphatic carbocycles. The molecule has 2 aliphatic rings. The molecule has 2 bridgehead atoms. The zero-order valence-electron chi connectivity index (χ0n) is 11.1. The van der Waals surface area contributed by atoms with E-state index in [1.54, 1.807) is 0 Å². The van der Waals surface area contributed by atoms with Gasteiger partial charge in [-0.3, -0.25) is 0 Å². The van der Waals surface area contributed by atoms with Crippen LogP contribution in [0.2, 0.25) is 0 Å². The highest BCUT2D eigenvalue weighted by Crippen LogP contribution is 2.51. The second-order valence-corrected chi connectivity index (χ2v) is 6.10. The molecule has 0 aromatic rings. The van der Waals surface area contributed by atoms with Crippen molar-refractivity contribution in [1.82, 2.24) is 0 Å². The van der Waals surface area contributed by atoms with Gasteiger partial charge < -0.3 is 18.6 Å². The third-order valence-corrected chi connectivity index (χ3v) is 4.74. The van der Waals surface area contributed by atoms with Gasteiger partial charge in [0.25, 0.3) is 0 Å². The van der Waals surface area contributed by atoms with E-state index in [4.69, 9.17) is 20.4 Å². The second kappa shape index (κ2) is 5.67. The lowest BCUT2D eigenvalue weighted by molar-refractivity contribution is -0.0391. The molecule has 5 atom stereocenters. The monoisotopic (exact) mass is 269 g/mol. The molecule has 2 rings (SSSR count). The van der Waals surface area contributed by atoms with Crippen LogP contribution in [0.25, 0.3) is 4.85 Å². The van der Waals surface area contributed by atoms with Crippen LogP contribution in [0.1, 0.15) is 20.3 Å². The van der Waals surface area contributed by atoms with Gasteiger partial charge in [0, 0.05) is 12.6 Å². The Kier molecular flexibility index (Phi) is 4.40. The summed E-state index contributed by atoms with van der Waals surface area (Å²) < 4.78 is 17.6. The van der Waals surface area contributed by atoms with Crippen molar-refractivity contribution in [3.8, 4) is 0 Å². The van der Waals surface area contributed by atoms with E-state index in [-0.39, 0.29) is 17.8 Å². The van der Waals surface area contributed by atoms with Crippen molar-refractivity contribution in [2.75, 3.05) is 19.8 Å². The first-order valence-electron chi connectivity index (χ1n) is 6.37. The van der Waals surface area contributed by atoms with E-state index >= 15 is 0 Å². The van der Waals surface area contributed by atoms with Gasteiger partial charge in [-0.25, -0.2) is 6.57 Å². The lowest BCUT2D eigenvalue weighted by Gasteiger charge is -2.29. The van der Waals surface area contributed by atoms with Crippen LogP contribution in [-0.2, 0) is 13.8 Å². The average molecular weight is 269 g/mol. The highest BCUT2D eigenvalue weighted by molar-refractivity contribution is 7.46. The van der Waals surface area contributed by atoms with Crippen LogP contribution < -0.4 is 0 Å². The summed E-state index contributed by atoms with van der Waals surface area (Å²) in [5, 5.41) is 0. The molecular formula is C13H20NO3P. The molecule has 0 aromatic heterocycles. The molecule has 0 radical (unpaired) electrons. The molecule has 1 saturated heterocycles. The van der Waals surface area contributed by atoms with Crippen molar-refractivity contribution in [1.29, 1.82) is 0 Å². The molecule has 0 amide bonds. The smallest absolute Gasteiger partial charge is 0.238 e. The fourth-order valence-electron chi connectivity index (χ4n) is 2.70. The van der Waals surface area contributed by atoms with E-state index in [9.17, 15) is 0 Å². The predicted octanol–water partition coefficient (Wildman–Crippen LogP) is 3.00. The second-order valence-electron chi connectivity index (χ2n) is 4.75. The summed E-state index contributed by atoms with van der Waals surface area (Å²) in [5.41, 5.74) is -0.260. The average Bonchev–Trinajstić information content (AvgIpc) is 2.81. The Balaban J connectivity index is 1.92. The van der Waals surface area contributed by atoms with Gasteiger partial charge in [-0.1, -0.05) is 19.1 Å². The predicted molar refractivity (Wildman–Crippen MR) is 71.3 cm³/mol. The number of rotatable bonds is 6. The molecule has 1 heterocycles. The molecule has 4 nitrogen and oxygen atoms in total. The summed E-state index contributed by atoms with van der Waals surface area (Å²) in [5.74, 6) is 0.333. The van der Waals surface area contributed by atoms with Crippen molar-refractivity contribution < 1.29 is 13.8 Å². The number of hydrogen-bond acceptors (Lipinski definition) is 3. The zero-order valence-corrected chi connectivity index (χ0v) is 12.0. The van der Waals surface area contributed by atoms with Gasteiger partial charge in [-0.2, -0.15) is 0 Å². The van der Waals surface area contributed by atoms with Gasteiger partial charge in [-0.15, -0.1) is 0 Å². The Bertz CT molecular complexity index is 368. The van der Waals surface area contributed by atoms with E-state index in [1.165, 1.54) is 0 Å². The largest absolute Gasteiger partial charge is 0.365 e. The first-order valence-corrected chi connectivity index (χ1v) is 7.99. The highest BCUT2D eigenvalue weighted by Gasteiger charge is 2.55. The Morgan fingerprint density at radius 3 is 2.94 bits per heavy atom. The minimum Gasteiger partial charge on any atom is -0.365 e. The topological polar surface area (TPSA) is 32.0 Å². The fourth-order valence-corrected chi connectivity index (χ4v) is 3.73. The number of ether oxygens (including phenoxy) is 1. The zero-order chi connectivity index (χ0) is 13.2. The van der Waals surface area contributed by atoms with Crippen molar-refractivity contribution in [2.24, 2.45) is 5.92 Å². The summed E-state index contributed by atoms with van der Waals surface area (Å²) in [6.07, 6.45) is 5.56. The van der Waals surface area contributed by atoms with E-state index < -0.39 is 8.38 Å². The quantitative estimate of drug-likeness (QED) is 0.321. The standard InChI is InChI=1S/C13H20NO3P/c1-5-13-7-6-11(10(2)16-13)12(13)17-18(4)15-9-8-14-3/h6-7,10-12H,5,8-9H2,1-2,4H3/t10-,11+,12+,13+,18?/m0/s1. The van der Waals surface area contributed by atoms with Crippen LogP contribution in [0.15, 0.2) is 12.2 Å². The molecular weight excluding hydrogens is 249 g/mol. The van der Waals surface area contributed by atoms with Gasteiger partial charge in [0.2, 0.25) is 6.54 Å². The Hall–Kier alpha value is -0.460. The Labute approximate surface area is 110 Å². The van der Waals surface area contributed by atoms with E-state index in [2.05, 4.69) is 30.8 Å². The molecule has 0 spiro atoms. The number of hydrogen-bond donors (Lipinski definition) is 0. The van der Waals surface area contributed by atoms with E-state index in [0.29, 0.717) is 19.1 Å². The van der Waals surface area contributed by atoms with Gasteiger partial charge in [0.05, 0.1) is 6.10 Å². The summed E-state index contributed by atoms with van der Waals surface area (Å²) in [6.45, 7) is 13.7. The van der Waals surface area contributed by atoms with Crippen LogP contribution >= 0.6 is 8.38 Å². The minimum absolute atomic E-state index is 0.0709. The van der Waals surface area contributed by atoms with E-state index in [0.717, 1.165) is 6.42 Å². The van der Waals surface area contributed by atoms with Gasteiger partial charge in [-0.05, 0) is 13.3 Å². The first-order chi connectivity index (χ1) is 8.63. The molecule has 0 N–H and O–H groups in total. The maximum atomic E-state index is 6.71. The van der Waals surface area contributed by atoms with Crippen LogP contribution in [-0.4, -0.2) is 37.6 Å². The van der Waals surface area contributed by atoms with Crippen LogP contribution in [0, 0.1) is 12.5 Å². The van der Waals surface area contributed by atoms with Crippen LogP contribution in [0.5, 0.6) is 0 Å². The van der Waals surface area contributed by atoms with E-state index in [1.807, 2.05) is 6.66 Å². The lowest BCUT2D eigenvalue weighted by atomic mass is 9.95. The maximum Gasteiger partial charge on any atom is 0.238 e. The summed E-state index contributed by atoms with van der Waals surface area (Å²) >= 11 is 0. The fraction of sp³-hybridized carbons (Fsp3) is 0.769. The number of nitrogens with zero attached hydrogens (tertiary/aromatic N) is 1. The third-order valence-electron chi connectivity index (χ3n) is 3.67. The molecule has 18 heavy (non-hydrogen) atoms. The molecule has 0 saturated carbocycles. The minimum atomic E-state index is -0.936. The molecule has 0 aromatic carbocycles. The van der Waals surface area contributed by atoms with Crippen LogP contribution in [0.3, 0.4) is 0 Å². The van der Waals surface area contributed by atoms with Gasteiger partial charge in [0.1, 0.15) is 18.3 Å².